The first-order valence-corrected chi connectivity index (χ1v) is 5.40. The van der Waals surface area contributed by atoms with Crippen LogP contribution in [0.25, 0.3) is 0 Å². The molecule has 78 valence electrons. The average Bonchev–Trinajstić information content (AvgIpc) is 2.29. The van der Waals surface area contributed by atoms with Gasteiger partial charge in [-0.2, -0.15) is 5.26 Å². The Morgan fingerprint density at radius 1 is 1.73 bits per heavy atom. The Bertz CT molecular complexity index is 383. The van der Waals surface area contributed by atoms with E-state index in [1.807, 2.05) is 13.0 Å². The maximum absolute atomic E-state index is 11.4. The van der Waals surface area contributed by atoms with Crippen LogP contribution < -0.4 is 5.32 Å². The molecule has 4 nitrogen and oxygen atoms in total. The van der Waals surface area contributed by atoms with Crippen molar-refractivity contribution in [2.24, 2.45) is 0 Å². The van der Waals surface area contributed by atoms with Gasteiger partial charge in [0.05, 0.1) is 10.4 Å². The maximum Gasteiger partial charge on any atom is 0.239 e. The van der Waals surface area contributed by atoms with Gasteiger partial charge >= 0.3 is 0 Å². The van der Waals surface area contributed by atoms with Crippen LogP contribution in [0.5, 0.6) is 0 Å². The van der Waals surface area contributed by atoms with E-state index >= 15 is 0 Å². The largest absolute Gasteiger partial charge is 0.310 e. The third-order valence-electron chi connectivity index (χ3n) is 1.79. The van der Waals surface area contributed by atoms with Crippen LogP contribution in [0, 0.1) is 11.3 Å². The molecule has 0 fully saturated rings. The van der Waals surface area contributed by atoms with Gasteiger partial charge in [0.2, 0.25) is 5.91 Å². The van der Waals surface area contributed by atoms with Crippen molar-refractivity contribution in [2.75, 3.05) is 5.32 Å². The lowest BCUT2D eigenvalue weighted by atomic mass is 10.3. The van der Waals surface area contributed by atoms with E-state index in [9.17, 15) is 4.79 Å². The molecule has 5 heteroatoms. The van der Waals surface area contributed by atoms with Gasteiger partial charge < -0.3 is 5.32 Å². The van der Waals surface area contributed by atoms with Gasteiger partial charge in [-0.15, -0.1) is 0 Å². The summed E-state index contributed by atoms with van der Waals surface area (Å²) in [4.78, 5) is 15.2. The minimum Gasteiger partial charge on any atom is -0.310 e. The molecular weight excluding hydrogens is 258 g/mol. The maximum atomic E-state index is 11.4. The van der Waals surface area contributed by atoms with Gasteiger partial charge in [-0.3, -0.25) is 4.79 Å². The van der Waals surface area contributed by atoms with Gasteiger partial charge in [0.15, 0.2) is 0 Å². The molecule has 1 rings (SSSR count). The lowest BCUT2D eigenvalue weighted by molar-refractivity contribution is -0.115. The van der Waals surface area contributed by atoms with Crippen LogP contribution in [0.3, 0.4) is 0 Å². The SMILES string of the molecule is CCC(Br)C(=O)Nc1ccc(C#N)cn1. The number of carbonyl (C=O) groups is 1. The predicted octanol–water partition coefficient (Wildman–Crippen LogP) is 2.07. The van der Waals surface area contributed by atoms with Crippen molar-refractivity contribution in [1.82, 2.24) is 4.98 Å². The van der Waals surface area contributed by atoms with E-state index in [0.717, 1.165) is 0 Å². The summed E-state index contributed by atoms with van der Waals surface area (Å²) in [6.45, 7) is 1.91. The van der Waals surface area contributed by atoms with Crippen LogP contribution in [0.15, 0.2) is 18.3 Å². The Morgan fingerprint density at radius 2 is 2.47 bits per heavy atom. The summed E-state index contributed by atoms with van der Waals surface area (Å²) in [5.74, 6) is 0.326. The molecule has 1 aromatic heterocycles. The summed E-state index contributed by atoms with van der Waals surface area (Å²) in [6, 6.07) is 5.17. The van der Waals surface area contributed by atoms with Crippen molar-refractivity contribution in [3.63, 3.8) is 0 Å². The van der Waals surface area contributed by atoms with Crippen LogP contribution in [0.4, 0.5) is 5.82 Å². The molecule has 0 aliphatic rings. The quantitative estimate of drug-likeness (QED) is 0.853. The molecule has 1 atom stereocenters. The first-order chi connectivity index (χ1) is 7.17. The molecule has 1 aromatic rings. The molecular formula is C10H10BrN3O. The van der Waals surface area contributed by atoms with E-state index in [1.54, 1.807) is 12.1 Å². The van der Waals surface area contributed by atoms with Crippen LogP contribution in [0.2, 0.25) is 0 Å². The number of hydrogen-bond donors (Lipinski definition) is 1. The number of pyridine rings is 1. The number of alkyl halides is 1. The highest BCUT2D eigenvalue weighted by molar-refractivity contribution is 9.10. The number of rotatable bonds is 3. The third-order valence-corrected chi connectivity index (χ3v) is 2.85. The molecule has 1 unspecified atom stereocenters. The Morgan fingerprint density at radius 3 is 2.93 bits per heavy atom. The Labute approximate surface area is 96.4 Å². The molecule has 1 heterocycles. The smallest absolute Gasteiger partial charge is 0.239 e. The zero-order chi connectivity index (χ0) is 11.3. The van der Waals surface area contributed by atoms with Crippen molar-refractivity contribution in [1.29, 1.82) is 5.26 Å². The van der Waals surface area contributed by atoms with E-state index < -0.39 is 0 Å². The number of anilines is 1. The molecule has 0 saturated carbocycles. The summed E-state index contributed by atoms with van der Waals surface area (Å²) < 4.78 is 0. The molecule has 15 heavy (non-hydrogen) atoms. The lowest BCUT2D eigenvalue weighted by Crippen LogP contribution is -2.22. The average molecular weight is 268 g/mol. The number of amides is 1. The fourth-order valence-electron chi connectivity index (χ4n) is 0.924. The van der Waals surface area contributed by atoms with Gasteiger partial charge in [0, 0.05) is 6.20 Å². The second-order valence-electron chi connectivity index (χ2n) is 2.91. The van der Waals surface area contributed by atoms with E-state index in [-0.39, 0.29) is 10.7 Å². The van der Waals surface area contributed by atoms with Crippen LogP contribution in [-0.4, -0.2) is 15.7 Å². The van der Waals surface area contributed by atoms with Gasteiger partial charge in [-0.1, -0.05) is 22.9 Å². The topological polar surface area (TPSA) is 65.8 Å². The summed E-state index contributed by atoms with van der Waals surface area (Å²) in [5.41, 5.74) is 0.471. The fraction of sp³-hybridized carbons (Fsp3) is 0.300. The minimum absolute atomic E-state index is 0.130. The highest BCUT2D eigenvalue weighted by atomic mass is 79.9. The van der Waals surface area contributed by atoms with Gasteiger partial charge in [0.25, 0.3) is 0 Å². The van der Waals surface area contributed by atoms with Gasteiger partial charge in [0.1, 0.15) is 11.9 Å². The number of halogens is 1. The van der Waals surface area contributed by atoms with Crippen molar-refractivity contribution in [3.05, 3.63) is 23.9 Å². The lowest BCUT2D eigenvalue weighted by Gasteiger charge is -2.07. The molecule has 0 spiro atoms. The zero-order valence-corrected chi connectivity index (χ0v) is 9.78. The Balaban J connectivity index is 2.66. The van der Waals surface area contributed by atoms with Gasteiger partial charge in [-0.05, 0) is 18.6 Å². The molecule has 1 amide bonds. The van der Waals surface area contributed by atoms with E-state index in [0.29, 0.717) is 17.8 Å². The highest BCUT2D eigenvalue weighted by Crippen LogP contribution is 2.09. The molecule has 0 aliphatic heterocycles. The predicted molar refractivity (Wildman–Crippen MR) is 60.6 cm³/mol. The Hall–Kier alpha value is -1.41. The number of aromatic nitrogens is 1. The molecule has 0 aliphatic carbocycles. The Kier molecular flexibility index (Phi) is 4.25. The van der Waals surface area contributed by atoms with E-state index in [1.165, 1.54) is 6.20 Å². The monoisotopic (exact) mass is 267 g/mol. The molecule has 0 radical (unpaired) electrons. The van der Waals surface area contributed by atoms with Crippen molar-refractivity contribution < 1.29 is 4.79 Å². The standard InChI is InChI=1S/C10H10BrN3O/c1-2-8(11)10(15)14-9-4-3-7(5-12)6-13-9/h3-4,6,8H,2H2,1H3,(H,13,14,15). The van der Waals surface area contributed by atoms with Crippen molar-refractivity contribution in [2.45, 2.75) is 18.2 Å². The summed E-state index contributed by atoms with van der Waals surface area (Å²) in [7, 11) is 0. The second kappa shape index (κ2) is 5.47. The number of nitrogens with zero attached hydrogens (tertiary/aromatic N) is 2. The highest BCUT2D eigenvalue weighted by Gasteiger charge is 2.12. The summed E-state index contributed by atoms with van der Waals surface area (Å²) in [5, 5.41) is 11.2. The van der Waals surface area contributed by atoms with Crippen LogP contribution in [0.1, 0.15) is 18.9 Å². The molecule has 0 bridgehead atoms. The number of carbonyl (C=O) groups excluding carboxylic acids is 1. The zero-order valence-electron chi connectivity index (χ0n) is 8.20. The minimum atomic E-state index is -0.213. The molecule has 0 saturated heterocycles. The summed E-state index contributed by atoms with van der Waals surface area (Å²) in [6.07, 6.45) is 2.13. The van der Waals surface area contributed by atoms with Crippen LogP contribution in [-0.2, 0) is 4.79 Å². The molecule has 1 N–H and O–H groups in total. The first-order valence-electron chi connectivity index (χ1n) is 4.48. The third kappa shape index (κ3) is 3.33. The van der Waals surface area contributed by atoms with Crippen molar-refractivity contribution >= 4 is 27.7 Å². The summed E-state index contributed by atoms with van der Waals surface area (Å²) >= 11 is 3.24. The first kappa shape index (κ1) is 11.7. The van der Waals surface area contributed by atoms with Gasteiger partial charge in [-0.25, -0.2) is 4.98 Å². The number of nitriles is 1. The molecule has 0 aromatic carbocycles. The normalized spacial score (nSPS) is 11.5. The van der Waals surface area contributed by atoms with Crippen LogP contribution >= 0.6 is 15.9 Å². The fourth-order valence-corrected chi connectivity index (χ4v) is 1.04. The number of hydrogen-bond acceptors (Lipinski definition) is 3. The van der Waals surface area contributed by atoms with E-state index in [4.69, 9.17) is 5.26 Å². The van der Waals surface area contributed by atoms with E-state index in [2.05, 4.69) is 26.2 Å². The number of nitrogens with one attached hydrogen (secondary N) is 1. The van der Waals surface area contributed by atoms with Crippen molar-refractivity contribution in [3.8, 4) is 6.07 Å². The second-order valence-corrected chi connectivity index (χ2v) is 4.01.